The average Bonchev–Trinajstić information content (AvgIpc) is 2.77. The molecule has 0 aliphatic heterocycles. The quantitative estimate of drug-likeness (QED) is 0.645. The van der Waals surface area contributed by atoms with E-state index in [1.54, 1.807) is 0 Å². The molecule has 0 spiro atoms. The fraction of sp³-hybridized carbons (Fsp3) is 1.00. The summed E-state index contributed by atoms with van der Waals surface area (Å²) >= 11 is 0. The van der Waals surface area contributed by atoms with E-state index >= 15 is 0 Å². The predicted molar refractivity (Wildman–Crippen MR) is 85.1 cm³/mol. The summed E-state index contributed by atoms with van der Waals surface area (Å²) in [6.45, 7) is 4.71. The molecule has 3 nitrogen and oxygen atoms in total. The molecule has 0 aromatic heterocycles. The lowest BCUT2D eigenvalue weighted by molar-refractivity contribution is -0.162. The van der Waals surface area contributed by atoms with E-state index in [0.717, 1.165) is 31.6 Å². The van der Waals surface area contributed by atoms with E-state index in [2.05, 4.69) is 13.8 Å². The van der Waals surface area contributed by atoms with Gasteiger partial charge in [-0.15, -0.1) is 0 Å². The van der Waals surface area contributed by atoms with E-state index in [1.807, 2.05) is 0 Å². The molecule has 1 unspecified atom stereocenters. The van der Waals surface area contributed by atoms with Crippen LogP contribution >= 0.6 is 0 Å². The van der Waals surface area contributed by atoms with Gasteiger partial charge in [0.15, 0.2) is 0 Å². The van der Waals surface area contributed by atoms with Gasteiger partial charge in [-0.05, 0) is 85.9 Å². The first kappa shape index (κ1) is 15.4. The molecule has 0 bridgehead atoms. The zero-order valence-corrected chi connectivity index (χ0v) is 14.0. The Morgan fingerprint density at radius 2 is 1.50 bits per heavy atom. The second kappa shape index (κ2) is 4.94. The van der Waals surface area contributed by atoms with Gasteiger partial charge in [-0.1, -0.05) is 13.8 Å². The highest BCUT2D eigenvalue weighted by Gasteiger charge is 2.60. The van der Waals surface area contributed by atoms with Crippen molar-refractivity contribution in [1.29, 1.82) is 0 Å². The van der Waals surface area contributed by atoms with Gasteiger partial charge < -0.3 is 15.3 Å². The minimum atomic E-state index is -0.539. The summed E-state index contributed by atoms with van der Waals surface area (Å²) in [5, 5.41) is 30.8. The Bertz CT molecular complexity index is 452. The zero-order valence-electron chi connectivity index (χ0n) is 14.0. The Morgan fingerprint density at radius 1 is 0.773 bits per heavy atom. The highest BCUT2D eigenvalue weighted by atomic mass is 16.3. The third-order valence-corrected chi connectivity index (χ3v) is 8.63. The van der Waals surface area contributed by atoms with E-state index in [-0.39, 0.29) is 16.9 Å². The molecule has 22 heavy (non-hydrogen) atoms. The third kappa shape index (κ3) is 1.91. The van der Waals surface area contributed by atoms with Crippen LogP contribution in [0.1, 0.15) is 65.2 Å². The molecule has 0 amide bonds. The summed E-state index contributed by atoms with van der Waals surface area (Å²) in [6.07, 6.45) is 7.35. The first-order valence-corrected chi connectivity index (χ1v) is 9.40. The molecule has 0 radical (unpaired) electrons. The van der Waals surface area contributed by atoms with Crippen molar-refractivity contribution >= 4 is 0 Å². The van der Waals surface area contributed by atoms with E-state index in [1.165, 1.54) is 25.7 Å². The summed E-state index contributed by atoms with van der Waals surface area (Å²) in [5.74, 6) is 2.64. The van der Waals surface area contributed by atoms with Gasteiger partial charge in [-0.25, -0.2) is 0 Å². The molecule has 0 saturated heterocycles. The van der Waals surface area contributed by atoms with Crippen molar-refractivity contribution in [1.82, 2.24) is 0 Å². The Labute approximate surface area is 134 Å². The van der Waals surface area contributed by atoms with Gasteiger partial charge in [-0.3, -0.25) is 0 Å². The van der Waals surface area contributed by atoms with Crippen molar-refractivity contribution in [3.8, 4) is 0 Å². The summed E-state index contributed by atoms with van der Waals surface area (Å²) < 4.78 is 0. The minimum absolute atomic E-state index is 0.109. The lowest BCUT2D eigenvalue weighted by Crippen LogP contribution is -2.57. The molecular formula is C19H32O3. The van der Waals surface area contributed by atoms with E-state index in [0.29, 0.717) is 17.8 Å². The van der Waals surface area contributed by atoms with Crippen molar-refractivity contribution in [3.63, 3.8) is 0 Å². The number of hydrogen-bond donors (Lipinski definition) is 3. The summed E-state index contributed by atoms with van der Waals surface area (Å²) in [5.41, 5.74) is 0.327. The smallest absolute Gasteiger partial charge is 0.0804 e. The largest absolute Gasteiger partial charge is 0.393 e. The minimum Gasteiger partial charge on any atom is -0.393 e. The van der Waals surface area contributed by atoms with Crippen LogP contribution in [0.4, 0.5) is 0 Å². The van der Waals surface area contributed by atoms with Crippen LogP contribution < -0.4 is 0 Å². The third-order valence-electron chi connectivity index (χ3n) is 8.63. The predicted octanol–water partition coefficient (Wildman–Crippen LogP) is 2.72. The molecule has 126 valence electrons. The lowest BCUT2D eigenvalue weighted by Gasteiger charge is -2.61. The van der Waals surface area contributed by atoms with Crippen LogP contribution in [0.2, 0.25) is 0 Å². The van der Waals surface area contributed by atoms with Crippen LogP contribution in [-0.4, -0.2) is 33.6 Å². The zero-order chi connectivity index (χ0) is 15.7. The van der Waals surface area contributed by atoms with Gasteiger partial charge in [-0.2, -0.15) is 0 Å². The SMILES string of the molecule is C[C@]12CC[C@H]3[C@@H](CCC4C[C@@H](O)[C@H](O)C[C@@]43C)[C@@H]1CC[C@@H]2O. The maximum absolute atomic E-state index is 10.5. The number of rotatable bonds is 0. The Balaban J connectivity index is 1.63. The molecule has 0 aromatic rings. The van der Waals surface area contributed by atoms with Crippen LogP contribution in [0.15, 0.2) is 0 Å². The number of hydrogen-bond acceptors (Lipinski definition) is 3. The van der Waals surface area contributed by atoms with Gasteiger partial charge in [0, 0.05) is 0 Å². The molecule has 4 rings (SSSR count). The van der Waals surface area contributed by atoms with Gasteiger partial charge in [0.2, 0.25) is 0 Å². The molecule has 3 N–H and O–H groups in total. The maximum Gasteiger partial charge on any atom is 0.0804 e. The molecule has 4 saturated carbocycles. The van der Waals surface area contributed by atoms with Crippen molar-refractivity contribution in [2.45, 2.75) is 83.5 Å². The van der Waals surface area contributed by atoms with E-state index in [4.69, 9.17) is 0 Å². The van der Waals surface area contributed by atoms with Crippen LogP contribution in [0.25, 0.3) is 0 Å². The number of fused-ring (bicyclic) bond motifs is 5. The second-order valence-electron chi connectivity index (χ2n) is 9.37. The number of aliphatic hydroxyl groups is 3. The fourth-order valence-electron chi connectivity index (χ4n) is 7.25. The molecule has 0 heterocycles. The van der Waals surface area contributed by atoms with Gasteiger partial charge in [0.05, 0.1) is 18.3 Å². The summed E-state index contributed by atoms with van der Waals surface area (Å²) in [6, 6.07) is 0. The van der Waals surface area contributed by atoms with Crippen molar-refractivity contribution in [2.75, 3.05) is 0 Å². The molecule has 0 aromatic carbocycles. The van der Waals surface area contributed by atoms with Gasteiger partial charge >= 0.3 is 0 Å². The number of aliphatic hydroxyl groups excluding tert-OH is 3. The first-order chi connectivity index (χ1) is 10.4. The molecular weight excluding hydrogens is 276 g/mol. The van der Waals surface area contributed by atoms with Crippen molar-refractivity contribution in [3.05, 3.63) is 0 Å². The van der Waals surface area contributed by atoms with Gasteiger partial charge in [0.25, 0.3) is 0 Å². The van der Waals surface area contributed by atoms with Crippen LogP contribution in [0.5, 0.6) is 0 Å². The summed E-state index contributed by atoms with van der Waals surface area (Å²) in [4.78, 5) is 0. The molecule has 4 aliphatic rings. The fourth-order valence-corrected chi connectivity index (χ4v) is 7.25. The monoisotopic (exact) mass is 308 g/mol. The highest BCUT2D eigenvalue weighted by molar-refractivity contribution is 5.10. The van der Waals surface area contributed by atoms with Crippen LogP contribution in [0.3, 0.4) is 0 Å². The van der Waals surface area contributed by atoms with E-state index < -0.39 is 12.2 Å². The molecule has 4 fully saturated rings. The normalized spacial score (nSPS) is 61.2. The molecule has 9 atom stereocenters. The Hall–Kier alpha value is -0.120. The second-order valence-corrected chi connectivity index (χ2v) is 9.37. The first-order valence-electron chi connectivity index (χ1n) is 9.40. The maximum atomic E-state index is 10.5. The Kier molecular flexibility index (Phi) is 3.46. The molecule has 4 aliphatic carbocycles. The van der Waals surface area contributed by atoms with Gasteiger partial charge in [0.1, 0.15) is 0 Å². The van der Waals surface area contributed by atoms with Crippen LogP contribution in [-0.2, 0) is 0 Å². The Morgan fingerprint density at radius 3 is 2.27 bits per heavy atom. The molecule has 3 heteroatoms. The topological polar surface area (TPSA) is 60.7 Å². The van der Waals surface area contributed by atoms with Crippen LogP contribution in [0, 0.1) is 34.5 Å². The average molecular weight is 308 g/mol. The van der Waals surface area contributed by atoms with Crippen molar-refractivity contribution < 1.29 is 15.3 Å². The van der Waals surface area contributed by atoms with E-state index in [9.17, 15) is 15.3 Å². The highest BCUT2D eigenvalue weighted by Crippen LogP contribution is 2.66. The summed E-state index contributed by atoms with van der Waals surface area (Å²) in [7, 11) is 0. The lowest BCUT2D eigenvalue weighted by atomic mass is 9.45. The van der Waals surface area contributed by atoms with Crippen molar-refractivity contribution in [2.24, 2.45) is 34.5 Å². The standard InChI is InChI=1S/C19H32O3/c1-18-8-7-14-12(13(18)5-6-17(18)22)4-3-11-9-15(20)16(21)10-19(11,14)2/h11-17,20-22H,3-10H2,1-2H3/t11?,12-,13-,14-,15+,16+,17-,18-,19-/m0/s1.